The molecule has 0 bridgehead atoms. The van der Waals surface area contributed by atoms with E-state index in [9.17, 15) is 4.79 Å². The Morgan fingerprint density at radius 1 is 1.50 bits per heavy atom. The van der Waals surface area contributed by atoms with Crippen LogP contribution in [0.3, 0.4) is 0 Å². The number of likely N-dealkylation sites (tertiary alicyclic amines) is 1. The summed E-state index contributed by atoms with van der Waals surface area (Å²) in [6.45, 7) is 2.48. The van der Waals surface area contributed by atoms with E-state index in [4.69, 9.17) is 9.47 Å². The highest BCUT2D eigenvalue weighted by Gasteiger charge is 2.49. The normalized spacial score (nSPS) is 22.3. The summed E-state index contributed by atoms with van der Waals surface area (Å²) in [5, 5.41) is 1.79. The van der Waals surface area contributed by atoms with Crippen LogP contribution in [0.15, 0.2) is 35.4 Å². The molecule has 2 aliphatic heterocycles. The molecule has 1 unspecified atom stereocenters. The quantitative estimate of drug-likeness (QED) is 0.849. The molecule has 0 aromatic carbocycles. The minimum Gasteiger partial charge on any atom is -0.373 e. The van der Waals surface area contributed by atoms with E-state index < -0.39 is 0 Å². The third kappa shape index (κ3) is 3.19. The van der Waals surface area contributed by atoms with Crippen LogP contribution in [0, 0.1) is 0 Å². The average molecular weight is 345 g/mol. The Kier molecular flexibility index (Phi) is 4.30. The lowest BCUT2D eigenvalue weighted by Gasteiger charge is -2.52. The van der Waals surface area contributed by atoms with E-state index in [2.05, 4.69) is 9.97 Å². The van der Waals surface area contributed by atoms with Crippen molar-refractivity contribution in [2.45, 2.75) is 31.2 Å². The lowest BCUT2D eigenvalue weighted by atomic mass is 9.84. The van der Waals surface area contributed by atoms with Crippen molar-refractivity contribution >= 4 is 17.2 Å². The molecule has 4 heterocycles. The molecule has 2 fully saturated rings. The number of hydrogen-bond donors (Lipinski definition) is 0. The maximum Gasteiger partial charge on any atom is 0.273 e. The maximum atomic E-state index is 12.3. The third-order valence-corrected chi connectivity index (χ3v) is 5.14. The highest BCUT2D eigenvalue weighted by molar-refractivity contribution is 7.07. The number of carbonyl (C=O) groups excluding carboxylic acids is 1. The Morgan fingerprint density at radius 2 is 2.42 bits per heavy atom. The molecular formula is C17H19N3O3S. The fourth-order valence-corrected chi connectivity index (χ4v) is 3.84. The second-order valence-corrected chi connectivity index (χ2v) is 7.07. The van der Waals surface area contributed by atoms with Crippen LogP contribution >= 0.6 is 11.3 Å². The zero-order chi connectivity index (χ0) is 16.4. The molecule has 126 valence electrons. The smallest absolute Gasteiger partial charge is 0.273 e. The van der Waals surface area contributed by atoms with Crippen molar-refractivity contribution in [1.29, 1.82) is 0 Å². The standard InChI is InChI=1S/C17H19N3O3S/c21-16(15-9-24-12-19-15)20-10-17(11-20)6-14(3-5-23-17)22-8-13-2-1-4-18-7-13/h1-2,4,7,9,12,14H,3,5-6,8,10-11H2. The van der Waals surface area contributed by atoms with Crippen LogP contribution in [0.4, 0.5) is 0 Å². The van der Waals surface area contributed by atoms with Crippen LogP contribution in [0.2, 0.25) is 0 Å². The number of nitrogens with zero attached hydrogens (tertiary/aromatic N) is 3. The first kappa shape index (κ1) is 15.7. The van der Waals surface area contributed by atoms with Crippen LogP contribution in [0.25, 0.3) is 0 Å². The van der Waals surface area contributed by atoms with Gasteiger partial charge in [-0.1, -0.05) is 6.07 Å². The van der Waals surface area contributed by atoms with Gasteiger partial charge in [-0.15, -0.1) is 11.3 Å². The van der Waals surface area contributed by atoms with E-state index in [1.54, 1.807) is 22.0 Å². The lowest BCUT2D eigenvalue weighted by Crippen LogP contribution is -2.67. The Morgan fingerprint density at radius 3 is 3.17 bits per heavy atom. The first-order valence-electron chi connectivity index (χ1n) is 8.06. The summed E-state index contributed by atoms with van der Waals surface area (Å²) in [7, 11) is 0. The van der Waals surface area contributed by atoms with Gasteiger partial charge in [-0.3, -0.25) is 9.78 Å². The van der Waals surface area contributed by atoms with Crippen molar-refractivity contribution in [3.05, 3.63) is 46.7 Å². The number of carbonyl (C=O) groups is 1. The van der Waals surface area contributed by atoms with Crippen LogP contribution in [-0.2, 0) is 16.1 Å². The Hall–Kier alpha value is -1.83. The predicted molar refractivity (Wildman–Crippen MR) is 88.7 cm³/mol. The van der Waals surface area contributed by atoms with Gasteiger partial charge in [0.25, 0.3) is 5.91 Å². The molecule has 1 atom stereocenters. The van der Waals surface area contributed by atoms with Crippen molar-refractivity contribution in [2.75, 3.05) is 19.7 Å². The topological polar surface area (TPSA) is 64.6 Å². The van der Waals surface area contributed by atoms with Gasteiger partial charge in [-0.2, -0.15) is 0 Å². The van der Waals surface area contributed by atoms with E-state index >= 15 is 0 Å². The van der Waals surface area contributed by atoms with Gasteiger partial charge in [0.1, 0.15) is 11.3 Å². The number of pyridine rings is 1. The Bertz CT molecular complexity index is 686. The first-order chi connectivity index (χ1) is 11.7. The van der Waals surface area contributed by atoms with Crippen molar-refractivity contribution in [3.63, 3.8) is 0 Å². The van der Waals surface area contributed by atoms with Gasteiger partial charge in [0.2, 0.25) is 0 Å². The number of ether oxygens (including phenoxy) is 2. The van der Waals surface area contributed by atoms with Gasteiger partial charge >= 0.3 is 0 Å². The van der Waals surface area contributed by atoms with Gasteiger partial charge in [-0.05, 0) is 18.1 Å². The van der Waals surface area contributed by atoms with E-state index in [0.717, 1.165) is 18.4 Å². The molecule has 2 aliphatic rings. The molecule has 2 aromatic heterocycles. The zero-order valence-electron chi connectivity index (χ0n) is 13.3. The molecule has 2 aromatic rings. The van der Waals surface area contributed by atoms with Gasteiger partial charge in [-0.25, -0.2) is 4.98 Å². The predicted octanol–water partition coefficient (Wildman–Crippen LogP) is 2.13. The fourth-order valence-electron chi connectivity index (χ4n) is 3.32. The highest BCUT2D eigenvalue weighted by atomic mass is 32.1. The molecule has 7 heteroatoms. The minimum absolute atomic E-state index is 0.0103. The van der Waals surface area contributed by atoms with Crippen molar-refractivity contribution in [1.82, 2.24) is 14.9 Å². The van der Waals surface area contributed by atoms with Gasteiger partial charge < -0.3 is 14.4 Å². The van der Waals surface area contributed by atoms with Gasteiger partial charge in [0.15, 0.2) is 0 Å². The first-order valence-corrected chi connectivity index (χ1v) is 9.00. The Labute approximate surface area is 144 Å². The summed E-state index contributed by atoms with van der Waals surface area (Å²) in [4.78, 5) is 22.3. The molecule has 0 radical (unpaired) electrons. The molecule has 2 saturated heterocycles. The molecule has 1 spiro atoms. The SMILES string of the molecule is O=C(c1cscn1)N1CC2(CC(OCc3cccnc3)CCO2)C1. The van der Waals surface area contributed by atoms with Crippen LogP contribution in [-0.4, -0.2) is 52.2 Å². The molecule has 1 amide bonds. The number of hydrogen-bond acceptors (Lipinski definition) is 6. The molecular weight excluding hydrogens is 326 g/mol. The molecule has 6 nitrogen and oxygen atoms in total. The number of amides is 1. The fraction of sp³-hybridized carbons (Fsp3) is 0.471. The van der Waals surface area contributed by atoms with Crippen LogP contribution < -0.4 is 0 Å². The van der Waals surface area contributed by atoms with E-state index in [1.165, 1.54) is 11.3 Å². The summed E-state index contributed by atoms with van der Waals surface area (Å²) in [5.41, 5.74) is 3.04. The number of aromatic nitrogens is 2. The highest BCUT2D eigenvalue weighted by Crippen LogP contribution is 2.36. The molecule has 0 N–H and O–H groups in total. The maximum absolute atomic E-state index is 12.3. The third-order valence-electron chi connectivity index (χ3n) is 4.55. The molecule has 24 heavy (non-hydrogen) atoms. The summed E-state index contributed by atoms with van der Waals surface area (Å²) < 4.78 is 12.0. The average Bonchev–Trinajstić information content (AvgIpc) is 3.13. The summed E-state index contributed by atoms with van der Waals surface area (Å²) in [5.74, 6) is -0.0103. The van der Waals surface area contributed by atoms with E-state index in [-0.39, 0.29) is 17.6 Å². The zero-order valence-corrected chi connectivity index (χ0v) is 14.1. The Balaban J connectivity index is 1.30. The lowest BCUT2D eigenvalue weighted by molar-refractivity contribution is -0.188. The van der Waals surface area contributed by atoms with Crippen molar-refractivity contribution < 1.29 is 14.3 Å². The summed E-state index contributed by atoms with van der Waals surface area (Å²) in [6.07, 6.45) is 5.47. The minimum atomic E-state index is -0.246. The summed E-state index contributed by atoms with van der Waals surface area (Å²) >= 11 is 1.44. The van der Waals surface area contributed by atoms with E-state index in [0.29, 0.717) is 32.0 Å². The number of thiazole rings is 1. The number of rotatable bonds is 4. The monoisotopic (exact) mass is 345 g/mol. The van der Waals surface area contributed by atoms with Crippen molar-refractivity contribution in [3.8, 4) is 0 Å². The summed E-state index contributed by atoms with van der Waals surface area (Å²) in [6, 6.07) is 3.93. The molecule has 0 saturated carbocycles. The van der Waals surface area contributed by atoms with Crippen LogP contribution in [0.1, 0.15) is 28.9 Å². The largest absolute Gasteiger partial charge is 0.373 e. The van der Waals surface area contributed by atoms with Crippen LogP contribution in [0.5, 0.6) is 0 Å². The van der Waals surface area contributed by atoms with Crippen molar-refractivity contribution in [2.24, 2.45) is 0 Å². The van der Waals surface area contributed by atoms with E-state index in [1.807, 2.05) is 18.3 Å². The van der Waals surface area contributed by atoms with Gasteiger partial charge in [0, 0.05) is 30.8 Å². The second-order valence-electron chi connectivity index (χ2n) is 6.35. The molecule has 4 rings (SSSR count). The van der Waals surface area contributed by atoms with Gasteiger partial charge in [0.05, 0.1) is 31.3 Å². The molecule has 0 aliphatic carbocycles. The second kappa shape index (κ2) is 6.58.